The van der Waals surface area contributed by atoms with Gasteiger partial charge in [-0.3, -0.25) is 4.79 Å². The lowest BCUT2D eigenvalue weighted by molar-refractivity contribution is -0.138. The first kappa shape index (κ1) is 28.7. The molecule has 4 aromatic rings. The third kappa shape index (κ3) is 7.92. The van der Waals surface area contributed by atoms with E-state index in [0.29, 0.717) is 24.7 Å². The molecule has 212 valence electrons. The van der Waals surface area contributed by atoms with E-state index in [4.69, 9.17) is 17.3 Å². The Morgan fingerprint density at radius 2 is 1.15 bits per heavy atom. The molecule has 6 heteroatoms. The van der Waals surface area contributed by atoms with Gasteiger partial charge in [-0.25, -0.2) is 0 Å². The van der Waals surface area contributed by atoms with Crippen LogP contribution in [-0.4, -0.2) is 27.3 Å². The maximum absolute atomic E-state index is 10.5. The molecule has 0 radical (unpaired) electrons. The average Bonchev–Trinajstić information content (AvgIpc) is 3.74. The van der Waals surface area contributed by atoms with Gasteiger partial charge in [0.1, 0.15) is 6.29 Å². The molecule has 3 aliphatic rings. The predicted octanol–water partition coefficient (Wildman–Crippen LogP) is 6.90. The van der Waals surface area contributed by atoms with Gasteiger partial charge in [0.05, 0.1) is 0 Å². The Balaban J connectivity index is 0.000000125. The van der Waals surface area contributed by atoms with E-state index in [0.717, 1.165) is 49.1 Å². The highest BCUT2D eigenvalue weighted by molar-refractivity contribution is 7.71. The van der Waals surface area contributed by atoms with Gasteiger partial charge in [-0.2, -0.15) is 0 Å². The van der Waals surface area contributed by atoms with Crippen molar-refractivity contribution in [3.63, 3.8) is 0 Å². The molecule has 0 saturated heterocycles. The first-order valence-corrected chi connectivity index (χ1v) is 15.0. The third-order valence-corrected chi connectivity index (χ3v) is 8.68. The van der Waals surface area contributed by atoms with Crippen LogP contribution in [0.2, 0.25) is 0 Å². The number of aromatic amines is 2. The van der Waals surface area contributed by atoms with E-state index in [1.165, 1.54) is 51.9 Å². The van der Waals surface area contributed by atoms with Crippen molar-refractivity contribution < 1.29 is 14.7 Å². The zero-order valence-corrected chi connectivity index (χ0v) is 24.2. The van der Waals surface area contributed by atoms with Gasteiger partial charge in [0.15, 0.2) is 4.77 Å². The molecular formula is C35H38N2O3S. The molecular weight excluding hydrogens is 528 g/mol. The SMILES string of the molecule is O=C(O)CC1Cc2ccccc2C1.O=CCC1Cc2ccccc2C1.S=c1[nH]cc(CC2Cc3ccccc3C2)[nH]1. The number of aromatic nitrogens is 2. The number of carbonyl (C=O) groups is 2. The summed E-state index contributed by atoms with van der Waals surface area (Å²) in [6.07, 6.45) is 11.6. The molecule has 0 fully saturated rings. The number of aldehydes is 1. The van der Waals surface area contributed by atoms with Crippen LogP contribution < -0.4 is 0 Å². The quantitative estimate of drug-likeness (QED) is 0.175. The molecule has 0 unspecified atom stereocenters. The summed E-state index contributed by atoms with van der Waals surface area (Å²) in [5.74, 6) is 0.923. The van der Waals surface area contributed by atoms with E-state index >= 15 is 0 Å². The highest BCUT2D eigenvalue weighted by atomic mass is 32.1. The number of imidazole rings is 1. The third-order valence-electron chi connectivity index (χ3n) is 8.46. The molecule has 1 aromatic heterocycles. The smallest absolute Gasteiger partial charge is 0.303 e. The Hall–Kier alpha value is -3.77. The summed E-state index contributed by atoms with van der Waals surface area (Å²) in [6.45, 7) is 0. The second kappa shape index (κ2) is 13.7. The largest absolute Gasteiger partial charge is 0.481 e. The summed E-state index contributed by atoms with van der Waals surface area (Å²) in [7, 11) is 0. The van der Waals surface area contributed by atoms with Gasteiger partial charge in [0, 0.05) is 24.7 Å². The molecule has 41 heavy (non-hydrogen) atoms. The van der Waals surface area contributed by atoms with Crippen molar-refractivity contribution in [2.24, 2.45) is 17.8 Å². The number of hydrogen-bond acceptors (Lipinski definition) is 3. The lowest BCUT2D eigenvalue weighted by atomic mass is 10.0. The summed E-state index contributed by atoms with van der Waals surface area (Å²) < 4.78 is 0.727. The van der Waals surface area contributed by atoms with Gasteiger partial charge in [-0.05, 0) is 108 Å². The topological polar surface area (TPSA) is 85.9 Å². The van der Waals surface area contributed by atoms with E-state index in [9.17, 15) is 9.59 Å². The fourth-order valence-corrected chi connectivity index (χ4v) is 6.77. The molecule has 7 rings (SSSR count). The first-order valence-electron chi connectivity index (χ1n) is 14.6. The Labute approximate surface area is 247 Å². The molecule has 0 amide bonds. The summed E-state index contributed by atoms with van der Waals surface area (Å²) in [5, 5.41) is 8.65. The van der Waals surface area contributed by atoms with E-state index in [-0.39, 0.29) is 0 Å². The zero-order chi connectivity index (χ0) is 28.6. The first-order chi connectivity index (χ1) is 20.0. The predicted molar refractivity (Wildman–Crippen MR) is 165 cm³/mol. The fraction of sp³-hybridized carbons (Fsp3) is 0.343. The van der Waals surface area contributed by atoms with E-state index < -0.39 is 5.97 Å². The number of carbonyl (C=O) groups excluding carboxylic acids is 1. The van der Waals surface area contributed by atoms with Crippen LogP contribution in [0, 0.1) is 22.5 Å². The van der Waals surface area contributed by atoms with Crippen LogP contribution in [-0.2, 0) is 54.5 Å². The monoisotopic (exact) mass is 566 g/mol. The van der Waals surface area contributed by atoms with Gasteiger partial charge in [-0.1, -0.05) is 72.8 Å². The van der Waals surface area contributed by atoms with E-state index in [1.54, 1.807) is 0 Å². The van der Waals surface area contributed by atoms with Crippen LogP contribution in [0.25, 0.3) is 0 Å². The molecule has 3 aliphatic carbocycles. The van der Waals surface area contributed by atoms with Crippen LogP contribution in [0.3, 0.4) is 0 Å². The van der Waals surface area contributed by atoms with Crippen LogP contribution >= 0.6 is 12.2 Å². The molecule has 5 nitrogen and oxygen atoms in total. The maximum Gasteiger partial charge on any atom is 0.303 e. The van der Waals surface area contributed by atoms with Gasteiger partial charge in [-0.15, -0.1) is 0 Å². The van der Waals surface area contributed by atoms with Crippen molar-refractivity contribution >= 4 is 24.5 Å². The Morgan fingerprint density at radius 1 is 0.732 bits per heavy atom. The van der Waals surface area contributed by atoms with E-state index in [2.05, 4.69) is 70.6 Å². The lowest BCUT2D eigenvalue weighted by Gasteiger charge is -2.05. The molecule has 0 saturated carbocycles. The van der Waals surface area contributed by atoms with Gasteiger partial charge >= 0.3 is 5.97 Å². The minimum atomic E-state index is -0.683. The molecule has 0 aliphatic heterocycles. The van der Waals surface area contributed by atoms with Crippen molar-refractivity contribution in [3.05, 3.63) is 123 Å². The maximum atomic E-state index is 10.5. The molecule has 3 aromatic carbocycles. The minimum absolute atomic E-state index is 0.300. The summed E-state index contributed by atoms with van der Waals surface area (Å²) in [4.78, 5) is 27.0. The lowest BCUT2D eigenvalue weighted by Crippen LogP contribution is -2.07. The number of rotatable bonds is 6. The molecule has 3 N–H and O–H groups in total. The van der Waals surface area contributed by atoms with Gasteiger partial charge in [0.25, 0.3) is 0 Å². The number of carboxylic acid groups (broad SMARTS) is 1. The van der Waals surface area contributed by atoms with Crippen molar-refractivity contribution in [1.82, 2.24) is 9.97 Å². The number of benzene rings is 3. The second-order valence-corrected chi connectivity index (χ2v) is 12.0. The van der Waals surface area contributed by atoms with E-state index in [1.807, 2.05) is 18.3 Å². The summed E-state index contributed by atoms with van der Waals surface area (Å²) in [6, 6.07) is 25.4. The van der Waals surface area contributed by atoms with Crippen molar-refractivity contribution in [2.45, 2.75) is 57.8 Å². The van der Waals surface area contributed by atoms with Crippen LogP contribution in [0.1, 0.15) is 51.9 Å². The summed E-state index contributed by atoms with van der Waals surface area (Å²) >= 11 is 5.03. The van der Waals surface area contributed by atoms with Crippen LogP contribution in [0.4, 0.5) is 0 Å². The number of hydrogen-bond donors (Lipinski definition) is 3. The fourth-order valence-electron chi connectivity index (χ4n) is 6.58. The number of fused-ring (bicyclic) bond motifs is 3. The highest BCUT2D eigenvalue weighted by Gasteiger charge is 2.23. The van der Waals surface area contributed by atoms with Crippen molar-refractivity contribution in [1.29, 1.82) is 0 Å². The molecule has 0 bridgehead atoms. The van der Waals surface area contributed by atoms with Crippen LogP contribution in [0.5, 0.6) is 0 Å². The number of carboxylic acids is 1. The number of H-pyrrole nitrogens is 2. The van der Waals surface area contributed by atoms with Gasteiger partial charge in [0.2, 0.25) is 0 Å². The van der Waals surface area contributed by atoms with Crippen molar-refractivity contribution in [2.75, 3.05) is 0 Å². The Bertz CT molecular complexity index is 1460. The van der Waals surface area contributed by atoms with Gasteiger partial charge < -0.3 is 19.9 Å². The second-order valence-electron chi connectivity index (χ2n) is 11.6. The number of nitrogens with one attached hydrogen (secondary N) is 2. The Morgan fingerprint density at radius 3 is 1.51 bits per heavy atom. The summed E-state index contributed by atoms with van der Waals surface area (Å²) in [5.41, 5.74) is 9.78. The molecule has 0 spiro atoms. The van der Waals surface area contributed by atoms with Crippen LogP contribution in [0.15, 0.2) is 79.0 Å². The highest BCUT2D eigenvalue weighted by Crippen LogP contribution is 2.30. The number of aliphatic carboxylic acids is 1. The molecule has 0 atom stereocenters. The average molecular weight is 567 g/mol. The standard InChI is InChI=1S/C13H14N2S.C11H12O2.C11H12O/c16-13-14-8-12(15-13)7-9-5-10-3-1-2-4-11(10)6-9;12-11(13)7-8-5-9-3-1-2-4-10(9)6-8;12-6-5-9-7-10-3-1-2-4-11(10)8-9/h1-4,8-9H,5-7H2,(H2,14,15,16);1-4,8H,5-7H2,(H,12,13);1-4,6,9H,5,7-8H2. The minimum Gasteiger partial charge on any atom is -0.481 e. The zero-order valence-electron chi connectivity index (χ0n) is 23.4. The molecule has 1 heterocycles. The van der Waals surface area contributed by atoms with Crippen molar-refractivity contribution in [3.8, 4) is 0 Å². The Kier molecular flexibility index (Phi) is 9.63. The normalized spacial score (nSPS) is 15.6.